The number of nitrogens with two attached hydrogens (primary N) is 1. The van der Waals surface area contributed by atoms with Gasteiger partial charge in [0.25, 0.3) is 5.69 Å². The van der Waals surface area contributed by atoms with E-state index in [0.717, 1.165) is 5.56 Å². The molecule has 2 heterocycles. The topological polar surface area (TPSA) is 118 Å². The minimum atomic E-state index is -0.519. The van der Waals surface area contributed by atoms with Crippen LogP contribution in [0, 0.1) is 10.1 Å². The lowest BCUT2D eigenvalue weighted by atomic mass is 10.1. The van der Waals surface area contributed by atoms with Gasteiger partial charge in [0.2, 0.25) is 11.9 Å². The molecule has 154 valence electrons. The van der Waals surface area contributed by atoms with E-state index in [-0.39, 0.29) is 11.6 Å². The monoisotopic (exact) mass is 406 g/mol. The van der Waals surface area contributed by atoms with E-state index in [9.17, 15) is 14.9 Å². The fraction of sp³-hybridized carbons (Fsp3) is 0.286. The normalized spacial score (nSPS) is 15.3. The number of carbonyl (C=O) groups is 1. The largest absolute Gasteiger partial charge is 0.338 e. The smallest absolute Gasteiger partial charge is 0.270 e. The van der Waals surface area contributed by atoms with Gasteiger partial charge < -0.3 is 15.5 Å². The fourth-order valence-electron chi connectivity index (χ4n) is 3.59. The van der Waals surface area contributed by atoms with E-state index in [1.54, 1.807) is 17.9 Å². The Labute approximate surface area is 173 Å². The van der Waals surface area contributed by atoms with E-state index < -0.39 is 11.0 Å². The van der Waals surface area contributed by atoms with Gasteiger partial charge in [-0.05, 0) is 13.0 Å². The van der Waals surface area contributed by atoms with Crippen LogP contribution in [0.3, 0.4) is 0 Å². The van der Waals surface area contributed by atoms with Crippen LogP contribution in [0.4, 0.5) is 11.6 Å². The summed E-state index contributed by atoms with van der Waals surface area (Å²) in [7, 11) is 0. The summed E-state index contributed by atoms with van der Waals surface area (Å²) in [6.45, 7) is 3.95. The summed E-state index contributed by atoms with van der Waals surface area (Å²) in [6.07, 6.45) is 0. The second-order valence-corrected chi connectivity index (χ2v) is 7.30. The van der Waals surface area contributed by atoms with Gasteiger partial charge >= 0.3 is 0 Å². The predicted molar refractivity (Wildman–Crippen MR) is 114 cm³/mol. The molecule has 1 amide bonds. The van der Waals surface area contributed by atoms with Crippen molar-refractivity contribution in [2.45, 2.75) is 13.0 Å². The Morgan fingerprint density at radius 1 is 1.10 bits per heavy atom. The molecule has 1 atom stereocenters. The lowest BCUT2D eigenvalue weighted by molar-refractivity contribution is -0.384. The van der Waals surface area contributed by atoms with Crippen LogP contribution in [-0.2, 0) is 4.79 Å². The lowest BCUT2D eigenvalue weighted by Crippen LogP contribution is -2.52. The van der Waals surface area contributed by atoms with E-state index in [4.69, 9.17) is 10.7 Å². The summed E-state index contributed by atoms with van der Waals surface area (Å²) >= 11 is 0. The van der Waals surface area contributed by atoms with Gasteiger partial charge in [0.05, 0.1) is 22.2 Å². The zero-order valence-electron chi connectivity index (χ0n) is 16.6. The first kappa shape index (κ1) is 19.7. The van der Waals surface area contributed by atoms with Crippen molar-refractivity contribution in [2.75, 3.05) is 31.1 Å². The third-order valence-corrected chi connectivity index (χ3v) is 5.19. The van der Waals surface area contributed by atoms with Crippen molar-refractivity contribution in [1.82, 2.24) is 14.9 Å². The number of piperazine rings is 1. The lowest BCUT2D eigenvalue weighted by Gasteiger charge is -2.35. The molecule has 4 rings (SSSR count). The number of carbonyl (C=O) groups excluding carboxylic acids is 1. The Morgan fingerprint density at radius 3 is 2.43 bits per heavy atom. The van der Waals surface area contributed by atoms with Crippen molar-refractivity contribution in [2.24, 2.45) is 5.73 Å². The number of nitrogens with zero attached hydrogens (tertiary/aromatic N) is 5. The number of rotatable bonds is 4. The third kappa shape index (κ3) is 3.79. The average molecular weight is 406 g/mol. The maximum absolute atomic E-state index is 12.1. The molecule has 0 saturated carbocycles. The third-order valence-electron chi connectivity index (χ3n) is 5.19. The van der Waals surface area contributed by atoms with Crippen molar-refractivity contribution in [3.05, 3.63) is 58.6 Å². The average Bonchev–Trinajstić information content (AvgIpc) is 2.78. The Morgan fingerprint density at radius 2 is 1.80 bits per heavy atom. The summed E-state index contributed by atoms with van der Waals surface area (Å²) in [5.74, 6) is 0.481. The predicted octanol–water partition coefficient (Wildman–Crippen LogP) is 2.20. The van der Waals surface area contributed by atoms with E-state index >= 15 is 0 Å². The van der Waals surface area contributed by atoms with Gasteiger partial charge in [-0.2, -0.15) is 0 Å². The molecule has 30 heavy (non-hydrogen) atoms. The van der Waals surface area contributed by atoms with Crippen LogP contribution in [0.5, 0.6) is 0 Å². The molecule has 2 aromatic carbocycles. The number of nitro groups is 1. The van der Waals surface area contributed by atoms with Gasteiger partial charge in [0.15, 0.2) is 0 Å². The summed E-state index contributed by atoms with van der Waals surface area (Å²) < 4.78 is 0. The SMILES string of the molecule is CC(N)C(=O)N1CCN(c2nc(-c3ccccc3)c3cc([N+](=O)[O-])ccc3n2)CC1. The first-order chi connectivity index (χ1) is 14.4. The van der Waals surface area contributed by atoms with Gasteiger partial charge in [-0.15, -0.1) is 0 Å². The molecule has 2 N–H and O–H groups in total. The highest BCUT2D eigenvalue weighted by Gasteiger charge is 2.25. The van der Waals surface area contributed by atoms with E-state index in [0.29, 0.717) is 48.7 Å². The van der Waals surface area contributed by atoms with Crippen LogP contribution in [-0.4, -0.2) is 57.9 Å². The van der Waals surface area contributed by atoms with Gasteiger partial charge in [0, 0.05) is 49.3 Å². The van der Waals surface area contributed by atoms with Crippen molar-refractivity contribution in [3.8, 4) is 11.3 Å². The maximum atomic E-state index is 12.1. The van der Waals surface area contributed by atoms with Crippen molar-refractivity contribution < 1.29 is 9.72 Å². The zero-order chi connectivity index (χ0) is 21.3. The molecule has 0 aliphatic carbocycles. The van der Waals surface area contributed by atoms with Gasteiger partial charge in [-0.3, -0.25) is 14.9 Å². The standard InChI is InChI=1S/C21H22N6O3/c1-14(22)20(28)25-9-11-26(12-10-25)21-23-18-8-7-16(27(29)30)13-17(18)19(24-21)15-5-3-2-4-6-15/h2-8,13-14H,9-12,22H2,1H3. The molecule has 1 unspecified atom stereocenters. The van der Waals surface area contributed by atoms with Gasteiger partial charge in [-0.25, -0.2) is 9.97 Å². The first-order valence-corrected chi connectivity index (χ1v) is 9.75. The molecular weight excluding hydrogens is 384 g/mol. The minimum absolute atomic E-state index is 0.000868. The molecule has 0 spiro atoms. The summed E-state index contributed by atoms with van der Waals surface area (Å²) in [6, 6.07) is 13.7. The summed E-state index contributed by atoms with van der Waals surface area (Å²) in [5.41, 5.74) is 7.86. The molecule has 1 saturated heterocycles. The molecule has 3 aromatic rings. The minimum Gasteiger partial charge on any atom is -0.338 e. The van der Waals surface area contributed by atoms with Crippen LogP contribution in [0.1, 0.15) is 6.92 Å². The zero-order valence-corrected chi connectivity index (χ0v) is 16.6. The molecule has 1 aliphatic heterocycles. The summed E-state index contributed by atoms with van der Waals surface area (Å²) in [4.78, 5) is 36.2. The number of anilines is 1. The van der Waals surface area contributed by atoms with Crippen LogP contribution in [0.25, 0.3) is 22.2 Å². The highest BCUT2D eigenvalue weighted by molar-refractivity contribution is 5.94. The Hall–Kier alpha value is -3.59. The van der Waals surface area contributed by atoms with Gasteiger partial charge in [-0.1, -0.05) is 30.3 Å². The number of fused-ring (bicyclic) bond motifs is 1. The number of non-ortho nitro benzene ring substituents is 1. The van der Waals surface area contributed by atoms with E-state index in [1.165, 1.54) is 12.1 Å². The summed E-state index contributed by atoms with van der Waals surface area (Å²) in [5, 5.41) is 11.9. The first-order valence-electron chi connectivity index (χ1n) is 9.75. The maximum Gasteiger partial charge on any atom is 0.270 e. The molecular formula is C21H22N6O3. The number of hydrogen-bond acceptors (Lipinski definition) is 7. The molecule has 0 radical (unpaired) electrons. The Balaban J connectivity index is 1.73. The van der Waals surface area contributed by atoms with Crippen LogP contribution < -0.4 is 10.6 Å². The number of amides is 1. The molecule has 0 bridgehead atoms. The second kappa shape index (κ2) is 8.03. The number of nitro benzene ring substituents is 1. The quantitative estimate of drug-likeness (QED) is 0.521. The van der Waals surface area contributed by atoms with Crippen molar-refractivity contribution in [1.29, 1.82) is 0 Å². The Bertz CT molecular complexity index is 1090. The molecule has 1 aromatic heterocycles. The van der Waals surface area contributed by atoms with E-state index in [1.807, 2.05) is 35.2 Å². The number of aromatic nitrogens is 2. The Kier molecular flexibility index (Phi) is 5.28. The number of benzene rings is 2. The molecule has 9 nitrogen and oxygen atoms in total. The van der Waals surface area contributed by atoms with Crippen molar-refractivity contribution in [3.63, 3.8) is 0 Å². The van der Waals surface area contributed by atoms with Crippen molar-refractivity contribution >= 4 is 28.4 Å². The van der Waals surface area contributed by atoms with Crippen LogP contribution in [0.15, 0.2) is 48.5 Å². The van der Waals surface area contributed by atoms with Crippen LogP contribution >= 0.6 is 0 Å². The molecule has 1 aliphatic rings. The van der Waals surface area contributed by atoms with E-state index in [2.05, 4.69) is 4.98 Å². The van der Waals surface area contributed by atoms with Gasteiger partial charge in [0.1, 0.15) is 0 Å². The highest BCUT2D eigenvalue weighted by Crippen LogP contribution is 2.31. The number of hydrogen-bond donors (Lipinski definition) is 1. The molecule has 9 heteroatoms. The fourth-order valence-corrected chi connectivity index (χ4v) is 3.59. The second-order valence-electron chi connectivity index (χ2n) is 7.30. The van der Waals surface area contributed by atoms with Crippen LogP contribution in [0.2, 0.25) is 0 Å². The molecule has 1 fully saturated rings. The highest BCUT2D eigenvalue weighted by atomic mass is 16.6.